The van der Waals surface area contributed by atoms with Crippen LogP contribution in [0.4, 0.5) is 0 Å². The van der Waals surface area contributed by atoms with Gasteiger partial charge in [-0.25, -0.2) is 0 Å². The van der Waals surface area contributed by atoms with Gasteiger partial charge in [0.1, 0.15) is 0 Å². The van der Waals surface area contributed by atoms with Crippen LogP contribution in [0.3, 0.4) is 0 Å². The third-order valence-electron chi connectivity index (χ3n) is 1.94. The van der Waals surface area contributed by atoms with Gasteiger partial charge in [-0.2, -0.15) is 0 Å². The number of aryl methyl sites for hydroxylation is 1. The molecular formula is C12H19NS. The molecule has 0 spiro atoms. The third kappa shape index (κ3) is 4.68. The summed E-state index contributed by atoms with van der Waals surface area (Å²) < 4.78 is 0. The van der Waals surface area contributed by atoms with E-state index in [1.807, 2.05) is 11.8 Å². The summed E-state index contributed by atoms with van der Waals surface area (Å²) in [7, 11) is 0. The maximum atomic E-state index is 3.41. The van der Waals surface area contributed by atoms with Crippen molar-refractivity contribution in [3.8, 4) is 0 Å². The Labute approximate surface area is 91.3 Å². The zero-order valence-corrected chi connectivity index (χ0v) is 10.0. The highest BCUT2D eigenvalue weighted by molar-refractivity contribution is 7.99. The van der Waals surface area contributed by atoms with Gasteiger partial charge < -0.3 is 5.32 Å². The van der Waals surface area contributed by atoms with Gasteiger partial charge in [0.05, 0.1) is 0 Å². The Morgan fingerprint density at radius 3 is 2.43 bits per heavy atom. The fourth-order valence-electron chi connectivity index (χ4n) is 1.15. The summed E-state index contributed by atoms with van der Waals surface area (Å²) in [5.41, 5.74) is 1.33. The lowest BCUT2D eigenvalue weighted by Crippen LogP contribution is -2.24. The molecule has 0 bridgehead atoms. The molecule has 1 aromatic rings. The maximum Gasteiger partial charge on any atom is 0.0106 e. The molecule has 0 aliphatic heterocycles. The van der Waals surface area contributed by atoms with E-state index < -0.39 is 0 Å². The summed E-state index contributed by atoms with van der Waals surface area (Å²) in [6, 6.07) is 9.30. The lowest BCUT2D eigenvalue weighted by Gasteiger charge is -2.07. The minimum Gasteiger partial charge on any atom is -0.314 e. The molecule has 1 rings (SSSR count). The van der Waals surface area contributed by atoms with Crippen molar-refractivity contribution in [2.24, 2.45) is 0 Å². The monoisotopic (exact) mass is 209 g/mol. The van der Waals surface area contributed by atoms with Crippen LogP contribution in [0.5, 0.6) is 0 Å². The number of benzene rings is 1. The molecule has 1 nitrogen and oxygen atoms in total. The summed E-state index contributed by atoms with van der Waals surface area (Å²) in [6.07, 6.45) is 0. The van der Waals surface area contributed by atoms with Gasteiger partial charge in [0.15, 0.2) is 0 Å². The number of hydrogen-bond donors (Lipinski definition) is 1. The van der Waals surface area contributed by atoms with Crippen molar-refractivity contribution in [1.82, 2.24) is 5.32 Å². The zero-order chi connectivity index (χ0) is 10.4. The zero-order valence-electron chi connectivity index (χ0n) is 9.21. The second kappa shape index (κ2) is 6.10. The average molecular weight is 209 g/mol. The van der Waals surface area contributed by atoms with E-state index in [0.29, 0.717) is 6.04 Å². The molecule has 0 amide bonds. The van der Waals surface area contributed by atoms with Gasteiger partial charge in [0.25, 0.3) is 0 Å². The molecule has 0 heterocycles. The van der Waals surface area contributed by atoms with E-state index in [2.05, 4.69) is 50.4 Å². The Kier molecular flexibility index (Phi) is 5.05. The van der Waals surface area contributed by atoms with Crippen LogP contribution in [0.25, 0.3) is 0 Å². The van der Waals surface area contributed by atoms with Gasteiger partial charge in [-0.1, -0.05) is 31.5 Å². The van der Waals surface area contributed by atoms with E-state index >= 15 is 0 Å². The fourth-order valence-corrected chi connectivity index (χ4v) is 1.94. The molecule has 14 heavy (non-hydrogen) atoms. The van der Waals surface area contributed by atoms with Crippen molar-refractivity contribution in [2.45, 2.75) is 31.7 Å². The second-order valence-electron chi connectivity index (χ2n) is 3.77. The third-order valence-corrected chi connectivity index (χ3v) is 2.96. The minimum atomic E-state index is 0.591. The smallest absolute Gasteiger partial charge is 0.0106 e. The molecule has 0 aromatic heterocycles. The van der Waals surface area contributed by atoms with Crippen LogP contribution in [-0.4, -0.2) is 18.3 Å². The van der Waals surface area contributed by atoms with Gasteiger partial charge in [-0.05, 0) is 19.1 Å². The predicted octanol–water partition coefficient (Wildman–Crippen LogP) is 3.09. The normalized spacial score (nSPS) is 10.9. The van der Waals surface area contributed by atoms with Crippen LogP contribution >= 0.6 is 11.8 Å². The van der Waals surface area contributed by atoms with Crippen molar-refractivity contribution in [1.29, 1.82) is 0 Å². The van der Waals surface area contributed by atoms with Gasteiger partial charge >= 0.3 is 0 Å². The highest BCUT2D eigenvalue weighted by Crippen LogP contribution is 2.17. The molecule has 0 aliphatic carbocycles. The van der Waals surface area contributed by atoms with Crippen molar-refractivity contribution >= 4 is 11.8 Å². The first-order chi connectivity index (χ1) is 6.68. The summed E-state index contributed by atoms with van der Waals surface area (Å²) in [5, 5.41) is 3.41. The maximum absolute atomic E-state index is 3.41. The SMILES string of the molecule is Cc1ccc(SCCNC(C)C)cc1. The Morgan fingerprint density at radius 1 is 1.21 bits per heavy atom. The van der Waals surface area contributed by atoms with Gasteiger partial charge in [-0.3, -0.25) is 0 Å². The van der Waals surface area contributed by atoms with Crippen molar-refractivity contribution in [3.63, 3.8) is 0 Å². The van der Waals surface area contributed by atoms with E-state index in [0.717, 1.165) is 12.3 Å². The molecule has 0 unspecified atom stereocenters. The molecule has 2 heteroatoms. The van der Waals surface area contributed by atoms with Gasteiger partial charge in [-0.15, -0.1) is 11.8 Å². The largest absolute Gasteiger partial charge is 0.314 e. The molecule has 0 radical (unpaired) electrons. The van der Waals surface area contributed by atoms with Crippen LogP contribution in [0.2, 0.25) is 0 Å². The summed E-state index contributed by atoms with van der Waals surface area (Å²) in [5.74, 6) is 1.14. The predicted molar refractivity (Wildman–Crippen MR) is 65.0 cm³/mol. The molecule has 1 aromatic carbocycles. The van der Waals surface area contributed by atoms with Crippen LogP contribution in [0.15, 0.2) is 29.2 Å². The topological polar surface area (TPSA) is 12.0 Å². The van der Waals surface area contributed by atoms with Crippen molar-refractivity contribution in [3.05, 3.63) is 29.8 Å². The Balaban J connectivity index is 2.21. The number of hydrogen-bond acceptors (Lipinski definition) is 2. The van der Waals surface area contributed by atoms with E-state index in [1.165, 1.54) is 10.5 Å². The molecule has 78 valence electrons. The number of nitrogens with one attached hydrogen (secondary N) is 1. The van der Waals surface area contributed by atoms with Crippen molar-refractivity contribution in [2.75, 3.05) is 12.3 Å². The van der Waals surface area contributed by atoms with Crippen LogP contribution in [0, 0.1) is 6.92 Å². The highest BCUT2D eigenvalue weighted by atomic mass is 32.2. The van der Waals surface area contributed by atoms with Gasteiger partial charge in [0, 0.05) is 23.2 Å². The van der Waals surface area contributed by atoms with E-state index in [1.54, 1.807) is 0 Å². The number of thioether (sulfide) groups is 1. The first-order valence-electron chi connectivity index (χ1n) is 5.11. The average Bonchev–Trinajstić information content (AvgIpc) is 2.15. The van der Waals surface area contributed by atoms with E-state index in [-0.39, 0.29) is 0 Å². The lowest BCUT2D eigenvalue weighted by atomic mass is 10.2. The molecular weight excluding hydrogens is 190 g/mol. The van der Waals surface area contributed by atoms with Crippen LogP contribution in [-0.2, 0) is 0 Å². The molecule has 0 aliphatic rings. The van der Waals surface area contributed by atoms with Crippen LogP contribution < -0.4 is 5.32 Å². The lowest BCUT2D eigenvalue weighted by molar-refractivity contribution is 0.616. The molecule has 0 atom stereocenters. The second-order valence-corrected chi connectivity index (χ2v) is 4.94. The summed E-state index contributed by atoms with van der Waals surface area (Å²) in [4.78, 5) is 1.36. The molecule has 0 saturated heterocycles. The van der Waals surface area contributed by atoms with E-state index in [4.69, 9.17) is 0 Å². The van der Waals surface area contributed by atoms with Gasteiger partial charge in [0.2, 0.25) is 0 Å². The minimum absolute atomic E-state index is 0.591. The number of rotatable bonds is 5. The van der Waals surface area contributed by atoms with Crippen LogP contribution in [0.1, 0.15) is 19.4 Å². The quantitative estimate of drug-likeness (QED) is 0.591. The van der Waals surface area contributed by atoms with Crippen molar-refractivity contribution < 1.29 is 0 Å². The molecule has 0 fully saturated rings. The Hall–Kier alpha value is -0.470. The molecule has 1 N–H and O–H groups in total. The first kappa shape index (κ1) is 11.6. The highest BCUT2D eigenvalue weighted by Gasteiger charge is 1.94. The summed E-state index contributed by atoms with van der Waals surface area (Å²) >= 11 is 1.91. The first-order valence-corrected chi connectivity index (χ1v) is 6.10. The molecule has 0 saturated carbocycles. The standard InChI is InChI=1S/C12H19NS/c1-10(2)13-8-9-14-12-6-4-11(3)5-7-12/h4-7,10,13H,8-9H2,1-3H3. The van der Waals surface area contributed by atoms with E-state index in [9.17, 15) is 0 Å². The fraction of sp³-hybridized carbons (Fsp3) is 0.500. The Morgan fingerprint density at radius 2 is 1.86 bits per heavy atom. The Bertz CT molecular complexity index is 254. The summed E-state index contributed by atoms with van der Waals surface area (Å²) in [6.45, 7) is 7.55.